The third-order valence-corrected chi connectivity index (χ3v) is 3.77. The fraction of sp³-hybridized carbons (Fsp3) is 0.600. The summed E-state index contributed by atoms with van der Waals surface area (Å²) in [5.41, 5.74) is 1.23. The first kappa shape index (κ1) is 14.2. The van der Waals surface area contributed by atoms with E-state index in [9.17, 15) is 0 Å². The Balaban J connectivity index is 2.29. The van der Waals surface area contributed by atoms with Crippen LogP contribution in [-0.2, 0) is 0 Å². The van der Waals surface area contributed by atoms with Gasteiger partial charge in [-0.1, -0.05) is 6.92 Å². The van der Waals surface area contributed by atoms with Crippen LogP contribution in [-0.4, -0.2) is 45.3 Å². The topological polar surface area (TPSA) is 33.7 Å². The molecule has 1 atom stereocenters. The molecule has 0 unspecified atom stereocenters. The molecule has 0 amide bonds. The van der Waals surface area contributed by atoms with Crippen molar-refractivity contribution in [2.24, 2.45) is 0 Å². The molecule has 0 aliphatic carbocycles. The van der Waals surface area contributed by atoms with Crippen molar-refractivity contribution in [3.63, 3.8) is 0 Å². The number of benzene rings is 1. The van der Waals surface area contributed by atoms with Crippen LogP contribution in [0.3, 0.4) is 0 Å². The van der Waals surface area contributed by atoms with E-state index >= 15 is 0 Å². The Morgan fingerprint density at radius 2 is 1.95 bits per heavy atom. The smallest absolute Gasteiger partial charge is 0.123 e. The molecule has 19 heavy (non-hydrogen) atoms. The number of hydrogen-bond acceptors (Lipinski definition) is 4. The van der Waals surface area contributed by atoms with Crippen LogP contribution < -0.4 is 14.8 Å². The number of ether oxygens (including phenoxy) is 2. The minimum Gasteiger partial charge on any atom is -0.497 e. The third kappa shape index (κ3) is 3.19. The highest BCUT2D eigenvalue weighted by Crippen LogP contribution is 2.34. The predicted octanol–water partition coefficient (Wildman–Crippen LogP) is 2.06. The van der Waals surface area contributed by atoms with Crippen molar-refractivity contribution in [3.05, 3.63) is 23.8 Å². The summed E-state index contributed by atoms with van der Waals surface area (Å²) in [6.45, 7) is 6.51. The molecule has 1 aromatic carbocycles. The normalized spacial score (nSPS) is 18.1. The Hall–Kier alpha value is -1.26. The molecule has 0 saturated carbocycles. The molecule has 1 aromatic rings. The van der Waals surface area contributed by atoms with Crippen molar-refractivity contribution in [3.8, 4) is 11.5 Å². The maximum absolute atomic E-state index is 5.52. The number of nitrogens with zero attached hydrogens (tertiary/aromatic N) is 1. The van der Waals surface area contributed by atoms with E-state index in [4.69, 9.17) is 9.47 Å². The Morgan fingerprint density at radius 3 is 2.53 bits per heavy atom. The number of hydrogen-bond donors (Lipinski definition) is 1. The standard InChI is InChI=1S/C15H24N2O2/c1-4-14(17-9-7-16-8-10-17)13-11-12(18-2)5-6-15(13)19-3/h5-6,11,14,16H,4,7-10H2,1-3H3/t14-/m1/s1. The van der Waals surface area contributed by atoms with E-state index < -0.39 is 0 Å². The molecule has 0 aromatic heterocycles. The van der Waals surface area contributed by atoms with Gasteiger partial charge in [0, 0.05) is 37.8 Å². The molecular weight excluding hydrogens is 240 g/mol. The highest BCUT2D eigenvalue weighted by Gasteiger charge is 2.23. The van der Waals surface area contributed by atoms with Gasteiger partial charge in [-0.05, 0) is 24.6 Å². The van der Waals surface area contributed by atoms with Crippen LogP contribution in [0, 0.1) is 0 Å². The molecule has 1 aliphatic heterocycles. The lowest BCUT2D eigenvalue weighted by Crippen LogP contribution is -2.45. The fourth-order valence-electron chi connectivity index (χ4n) is 2.77. The zero-order chi connectivity index (χ0) is 13.7. The summed E-state index contributed by atoms with van der Waals surface area (Å²) < 4.78 is 10.9. The second-order valence-corrected chi connectivity index (χ2v) is 4.82. The van der Waals surface area contributed by atoms with E-state index in [1.165, 1.54) is 5.56 Å². The molecule has 0 spiro atoms. The summed E-state index contributed by atoms with van der Waals surface area (Å²) in [7, 11) is 3.44. The summed E-state index contributed by atoms with van der Waals surface area (Å²) in [5.74, 6) is 1.84. The minimum absolute atomic E-state index is 0.396. The van der Waals surface area contributed by atoms with E-state index in [1.54, 1.807) is 14.2 Å². The van der Waals surface area contributed by atoms with Crippen molar-refractivity contribution in [1.82, 2.24) is 10.2 Å². The van der Waals surface area contributed by atoms with Gasteiger partial charge >= 0.3 is 0 Å². The average Bonchev–Trinajstić information content (AvgIpc) is 2.49. The first-order valence-electron chi connectivity index (χ1n) is 6.96. The van der Waals surface area contributed by atoms with Gasteiger partial charge < -0.3 is 14.8 Å². The molecule has 1 N–H and O–H groups in total. The second-order valence-electron chi connectivity index (χ2n) is 4.82. The van der Waals surface area contributed by atoms with Crippen LogP contribution >= 0.6 is 0 Å². The van der Waals surface area contributed by atoms with E-state index in [2.05, 4.69) is 23.2 Å². The molecular formula is C15H24N2O2. The maximum atomic E-state index is 5.52. The highest BCUT2D eigenvalue weighted by atomic mass is 16.5. The summed E-state index contributed by atoms with van der Waals surface area (Å²) in [4.78, 5) is 2.52. The SMILES string of the molecule is CC[C@H](c1cc(OC)ccc1OC)N1CCNCC1. The van der Waals surface area contributed by atoms with Gasteiger partial charge in [0.15, 0.2) is 0 Å². The lowest BCUT2D eigenvalue weighted by atomic mass is 10.0. The molecule has 0 bridgehead atoms. The van der Waals surface area contributed by atoms with Crippen molar-refractivity contribution in [2.45, 2.75) is 19.4 Å². The minimum atomic E-state index is 0.396. The fourth-order valence-corrected chi connectivity index (χ4v) is 2.77. The van der Waals surface area contributed by atoms with Crippen LogP contribution in [0.5, 0.6) is 11.5 Å². The first-order valence-corrected chi connectivity index (χ1v) is 6.96. The molecule has 1 aliphatic rings. The second kappa shape index (κ2) is 6.78. The molecule has 4 heteroatoms. The maximum Gasteiger partial charge on any atom is 0.123 e. The Labute approximate surface area is 115 Å². The van der Waals surface area contributed by atoms with Crippen molar-refractivity contribution in [1.29, 1.82) is 0 Å². The van der Waals surface area contributed by atoms with Crippen molar-refractivity contribution < 1.29 is 9.47 Å². The summed E-state index contributed by atoms with van der Waals surface area (Å²) >= 11 is 0. The van der Waals surface area contributed by atoms with Gasteiger partial charge in [-0.25, -0.2) is 0 Å². The number of rotatable bonds is 5. The van der Waals surface area contributed by atoms with E-state index in [0.717, 1.165) is 44.1 Å². The number of methoxy groups -OCH3 is 2. The molecule has 4 nitrogen and oxygen atoms in total. The van der Waals surface area contributed by atoms with Crippen molar-refractivity contribution in [2.75, 3.05) is 40.4 Å². The monoisotopic (exact) mass is 264 g/mol. The molecule has 1 fully saturated rings. The van der Waals surface area contributed by atoms with Crippen LogP contribution in [0.1, 0.15) is 24.9 Å². The summed E-state index contributed by atoms with van der Waals surface area (Å²) in [5, 5.41) is 3.40. The van der Waals surface area contributed by atoms with E-state index in [0.29, 0.717) is 6.04 Å². The van der Waals surface area contributed by atoms with Gasteiger partial charge in [-0.15, -0.1) is 0 Å². The Morgan fingerprint density at radius 1 is 1.21 bits per heavy atom. The van der Waals surface area contributed by atoms with Gasteiger partial charge in [0.2, 0.25) is 0 Å². The van der Waals surface area contributed by atoms with Crippen LogP contribution in [0.15, 0.2) is 18.2 Å². The zero-order valence-corrected chi connectivity index (χ0v) is 12.1. The number of nitrogens with one attached hydrogen (secondary N) is 1. The number of piperazine rings is 1. The van der Waals surface area contributed by atoms with Gasteiger partial charge in [0.25, 0.3) is 0 Å². The summed E-state index contributed by atoms with van der Waals surface area (Å²) in [6, 6.07) is 6.45. The van der Waals surface area contributed by atoms with Crippen molar-refractivity contribution >= 4 is 0 Å². The average molecular weight is 264 g/mol. The van der Waals surface area contributed by atoms with Crippen LogP contribution in [0.4, 0.5) is 0 Å². The largest absolute Gasteiger partial charge is 0.497 e. The van der Waals surface area contributed by atoms with Gasteiger partial charge in [-0.2, -0.15) is 0 Å². The third-order valence-electron chi connectivity index (χ3n) is 3.77. The Bertz CT molecular complexity index is 403. The molecule has 0 radical (unpaired) electrons. The van der Waals surface area contributed by atoms with Crippen LogP contribution in [0.2, 0.25) is 0 Å². The molecule has 1 heterocycles. The zero-order valence-electron chi connectivity index (χ0n) is 12.1. The van der Waals surface area contributed by atoms with Gasteiger partial charge in [0.05, 0.1) is 14.2 Å². The van der Waals surface area contributed by atoms with E-state index in [-0.39, 0.29) is 0 Å². The first-order chi connectivity index (χ1) is 9.30. The lowest BCUT2D eigenvalue weighted by molar-refractivity contribution is 0.166. The Kier molecular flexibility index (Phi) is 5.05. The van der Waals surface area contributed by atoms with Gasteiger partial charge in [0.1, 0.15) is 11.5 Å². The molecule has 106 valence electrons. The molecule has 1 saturated heterocycles. The quantitative estimate of drug-likeness (QED) is 0.882. The predicted molar refractivity (Wildman–Crippen MR) is 77.0 cm³/mol. The van der Waals surface area contributed by atoms with E-state index in [1.807, 2.05) is 12.1 Å². The summed E-state index contributed by atoms with van der Waals surface area (Å²) in [6.07, 6.45) is 1.07. The highest BCUT2D eigenvalue weighted by molar-refractivity contribution is 5.42. The lowest BCUT2D eigenvalue weighted by Gasteiger charge is -2.35. The molecule has 2 rings (SSSR count). The van der Waals surface area contributed by atoms with Crippen LogP contribution in [0.25, 0.3) is 0 Å². The van der Waals surface area contributed by atoms with Gasteiger partial charge in [-0.3, -0.25) is 4.90 Å².